The second kappa shape index (κ2) is 9.95. The maximum absolute atomic E-state index is 5.02. The summed E-state index contributed by atoms with van der Waals surface area (Å²) in [4.78, 5) is 10.0. The van der Waals surface area contributed by atoms with Crippen LogP contribution in [0.3, 0.4) is 0 Å². The third-order valence-corrected chi connectivity index (χ3v) is 9.05. The second-order valence-corrected chi connectivity index (χ2v) is 11.8. The van der Waals surface area contributed by atoms with Crippen LogP contribution < -0.4 is 0 Å². The van der Waals surface area contributed by atoms with Crippen LogP contribution in [0.5, 0.6) is 0 Å². The van der Waals surface area contributed by atoms with Crippen LogP contribution >= 0.6 is 0 Å². The normalized spacial score (nSPS) is 11.8. The molecule has 10 rings (SSSR count). The van der Waals surface area contributed by atoms with Crippen LogP contribution in [0.25, 0.3) is 72.9 Å². The summed E-state index contributed by atoms with van der Waals surface area (Å²) < 4.78 is 10.8. The number of hydrogen-bond donors (Lipinski definition) is 0. The summed E-state index contributed by atoms with van der Waals surface area (Å²) in [5, 5.41) is 2.42. The van der Waals surface area contributed by atoms with Crippen LogP contribution in [-0.4, -0.2) is 32.5 Å². The van der Waals surface area contributed by atoms with E-state index in [1.807, 2.05) is 36.4 Å². The van der Waals surface area contributed by atoms with E-state index in [9.17, 15) is 0 Å². The standard InChI is InChI=1S/C40H27N7/c1-3-10-28(11-4-1)35-26-43-20-22-45(39(43)41-35)30-14-9-15-32(24-30)47-37-17-8-7-16-33(37)34-19-18-31(25-38(34)47)46-23-21-44-27-36(42-40(44)46)29-12-5-2-6-13-29/h1-27H. The predicted molar refractivity (Wildman–Crippen MR) is 188 cm³/mol. The Morgan fingerprint density at radius 3 is 1.62 bits per heavy atom. The van der Waals surface area contributed by atoms with E-state index in [1.54, 1.807) is 0 Å². The van der Waals surface area contributed by atoms with Crippen LogP contribution in [0.1, 0.15) is 0 Å². The number of aromatic nitrogens is 7. The highest BCUT2D eigenvalue weighted by Crippen LogP contribution is 2.34. The summed E-state index contributed by atoms with van der Waals surface area (Å²) >= 11 is 0. The molecule has 0 spiro atoms. The zero-order chi connectivity index (χ0) is 30.9. The van der Waals surface area contributed by atoms with E-state index in [-0.39, 0.29) is 0 Å². The number of rotatable bonds is 5. The minimum absolute atomic E-state index is 0.872. The quantitative estimate of drug-likeness (QED) is 0.197. The van der Waals surface area contributed by atoms with Crippen LogP contribution in [-0.2, 0) is 0 Å². The van der Waals surface area contributed by atoms with Crippen LogP contribution in [0, 0.1) is 0 Å². The number of benzene rings is 5. The van der Waals surface area contributed by atoms with Gasteiger partial charge in [-0.05, 0) is 36.4 Å². The first-order chi connectivity index (χ1) is 23.3. The Balaban J connectivity index is 1.12. The van der Waals surface area contributed by atoms with Crippen LogP contribution in [0.15, 0.2) is 165 Å². The first-order valence-electron chi connectivity index (χ1n) is 15.7. The van der Waals surface area contributed by atoms with Crippen molar-refractivity contribution in [3.05, 3.63) is 165 Å². The van der Waals surface area contributed by atoms with Gasteiger partial charge in [0.1, 0.15) is 0 Å². The molecule has 7 heteroatoms. The molecular formula is C40H27N7. The highest BCUT2D eigenvalue weighted by Gasteiger charge is 2.16. The molecule has 7 nitrogen and oxygen atoms in total. The Morgan fingerprint density at radius 1 is 0.404 bits per heavy atom. The van der Waals surface area contributed by atoms with E-state index >= 15 is 0 Å². The zero-order valence-corrected chi connectivity index (χ0v) is 25.2. The molecular weight excluding hydrogens is 578 g/mol. The SMILES string of the molecule is c1ccc(-c2cn3ccn(-c4cccc(-n5c6ccccc6c6ccc(-n7ccn8cc(-c9ccccc9)nc78)cc65)c4)c3n2)cc1. The number of para-hydroxylation sites is 1. The van der Waals surface area contributed by atoms with Crippen molar-refractivity contribution in [2.24, 2.45) is 0 Å². The van der Waals surface area contributed by atoms with Gasteiger partial charge in [-0.1, -0.05) is 91.0 Å². The molecule has 5 aromatic heterocycles. The topological polar surface area (TPSA) is 49.4 Å². The van der Waals surface area contributed by atoms with Gasteiger partial charge >= 0.3 is 0 Å². The smallest absolute Gasteiger partial charge is 0.219 e. The molecule has 0 fully saturated rings. The van der Waals surface area contributed by atoms with Crippen molar-refractivity contribution in [1.29, 1.82) is 0 Å². The Hall–Kier alpha value is -6.60. The lowest BCUT2D eigenvalue weighted by molar-refractivity contribution is 1.06. The number of imidazole rings is 4. The van der Waals surface area contributed by atoms with E-state index in [4.69, 9.17) is 9.97 Å². The molecule has 5 heterocycles. The van der Waals surface area contributed by atoms with Gasteiger partial charge in [0.25, 0.3) is 0 Å². The first-order valence-corrected chi connectivity index (χ1v) is 15.7. The molecule has 0 aliphatic carbocycles. The van der Waals surface area contributed by atoms with Gasteiger partial charge in [0.2, 0.25) is 11.6 Å². The Labute approximate surface area is 269 Å². The average Bonchev–Trinajstić information content (AvgIpc) is 3.94. The van der Waals surface area contributed by atoms with Gasteiger partial charge in [-0.15, -0.1) is 0 Å². The van der Waals surface area contributed by atoms with Gasteiger partial charge in [0, 0.05) is 64.8 Å². The first kappa shape index (κ1) is 25.7. The molecule has 10 aromatic rings. The molecule has 0 aliphatic heterocycles. The van der Waals surface area contributed by atoms with Gasteiger partial charge in [-0.25, -0.2) is 9.97 Å². The van der Waals surface area contributed by atoms with Crippen LogP contribution in [0.2, 0.25) is 0 Å². The molecule has 0 saturated carbocycles. The van der Waals surface area contributed by atoms with Crippen molar-refractivity contribution < 1.29 is 0 Å². The molecule has 0 aliphatic rings. The van der Waals surface area contributed by atoms with Crippen molar-refractivity contribution in [3.63, 3.8) is 0 Å². The molecule has 0 bridgehead atoms. The maximum Gasteiger partial charge on any atom is 0.219 e. The van der Waals surface area contributed by atoms with E-state index < -0.39 is 0 Å². The zero-order valence-electron chi connectivity index (χ0n) is 25.2. The summed E-state index contributed by atoms with van der Waals surface area (Å²) in [7, 11) is 0. The Morgan fingerprint density at radius 2 is 0.957 bits per heavy atom. The Bertz CT molecular complexity index is 2740. The van der Waals surface area contributed by atoms with Crippen molar-refractivity contribution in [3.8, 4) is 39.6 Å². The van der Waals surface area contributed by atoms with E-state index in [0.717, 1.165) is 62.2 Å². The number of fused-ring (bicyclic) bond motifs is 5. The summed E-state index contributed by atoms with van der Waals surface area (Å²) in [6.45, 7) is 0. The molecule has 222 valence electrons. The third-order valence-electron chi connectivity index (χ3n) is 9.05. The monoisotopic (exact) mass is 605 g/mol. The summed E-state index contributed by atoms with van der Waals surface area (Å²) in [5.41, 5.74) is 9.58. The minimum Gasteiger partial charge on any atom is -0.309 e. The largest absolute Gasteiger partial charge is 0.309 e. The molecule has 0 radical (unpaired) electrons. The minimum atomic E-state index is 0.872. The molecule has 0 unspecified atom stereocenters. The van der Waals surface area contributed by atoms with Gasteiger partial charge in [0.05, 0.1) is 33.8 Å². The fourth-order valence-corrected chi connectivity index (χ4v) is 6.82. The molecule has 0 amide bonds. The summed E-state index contributed by atoms with van der Waals surface area (Å²) in [6, 6.07) is 44.6. The molecule has 5 aromatic carbocycles. The van der Waals surface area contributed by atoms with Gasteiger partial charge in [-0.2, -0.15) is 0 Å². The Kier molecular flexibility index (Phi) is 5.44. The van der Waals surface area contributed by atoms with E-state index in [2.05, 4.69) is 151 Å². The lowest BCUT2D eigenvalue weighted by atomic mass is 10.1. The number of nitrogens with zero attached hydrogens (tertiary/aromatic N) is 7. The van der Waals surface area contributed by atoms with E-state index in [1.165, 1.54) is 10.8 Å². The fourth-order valence-electron chi connectivity index (χ4n) is 6.82. The lowest BCUT2D eigenvalue weighted by Crippen LogP contribution is -1.99. The van der Waals surface area contributed by atoms with Gasteiger partial charge in [-0.3, -0.25) is 17.9 Å². The van der Waals surface area contributed by atoms with Gasteiger partial charge < -0.3 is 4.57 Å². The fraction of sp³-hybridized carbons (Fsp3) is 0. The summed E-state index contributed by atoms with van der Waals surface area (Å²) in [6.07, 6.45) is 12.5. The maximum atomic E-state index is 5.02. The van der Waals surface area contributed by atoms with Crippen molar-refractivity contribution in [2.45, 2.75) is 0 Å². The molecule has 0 saturated heterocycles. The molecule has 0 N–H and O–H groups in total. The molecule has 47 heavy (non-hydrogen) atoms. The second-order valence-electron chi connectivity index (χ2n) is 11.8. The lowest BCUT2D eigenvalue weighted by Gasteiger charge is -2.12. The van der Waals surface area contributed by atoms with Crippen LogP contribution in [0.4, 0.5) is 0 Å². The predicted octanol–water partition coefficient (Wildman–Crippen LogP) is 8.99. The summed E-state index contributed by atoms with van der Waals surface area (Å²) in [5.74, 6) is 1.75. The van der Waals surface area contributed by atoms with Crippen molar-refractivity contribution >= 4 is 33.4 Å². The average molecular weight is 606 g/mol. The highest BCUT2D eigenvalue weighted by atomic mass is 15.2. The van der Waals surface area contributed by atoms with Crippen molar-refractivity contribution in [1.82, 2.24) is 32.5 Å². The van der Waals surface area contributed by atoms with E-state index in [0.29, 0.717) is 0 Å². The number of hydrogen-bond acceptors (Lipinski definition) is 2. The highest BCUT2D eigenvalue weighted by molar-refractivity contribution is 6.09. The van der Waals surface area contributed by atoms with Gasteiger partial charge in [0.15, 0.2) is 0 Å². The third kappa shape index (κ3) is 4.00. The molecule has 0 atom stereocenters. The van der Waals surface area contributed by atoms with Crippen molar-refractivity contribution in [2.75, 3.05) is 0 Å².